The van der Waals surface area contributed by atoms with Crippen molar-refractivity contribution in [3.8, 4) is 0 Å². The van der Waals surface area contributed by atoms with Crippen LogP contribution in [0.3, 0.4) is 0 Å². The van der Waals surface area contributed by atoms with Gasteiger partial charge in [0.05, 0.1) is 0 Å². The molecule has 24 heavy (non-hydrogen) atoms. The minimum Gasteiger partial charge on any atom is -0.396 e. The molecule has 1 fully saturated rings. The van der Waals surface area contributed by atoms with E-state index in [1.165, 1.54) is 0 Å². The number of rotatable bonds is 6. The maximum Gasteiger partial charge on any atom is 0.251 e. The molecular formula is C19H27N3O2. The Hall–Kier alpha value is -1.85. The largest absolute Gasteiger partial charge is 0.396 e. The van der Waals surface area contributed by atoms with Gasteiger partial charge in [-0.15, -0.1) is 0 Å². The molecule has 5 heteroatoms. The first-order valence-corrected chi connectivity index (χ1v) is 8.91. The van der Waals surface area contributed by atoms with Crippen LogP contribution >= 0.6 is 0 Å². The normalized spacial score (nSPS) is 18.8. The highest BCUT2D eigenvalue weighted by Gasteiger charge is 2.18. The second-order valence-corrected chi connectivity index (χ2v) is 6.62. The minimum atomic E-state index is -0.0168. The zero-order chi connectivity index (χ0) is 16.9. The highest BCUT2D eigenvalue weighted by Crippen LogP contribution is 2.18. The molecule has 0 spiro atoms. The number of amides is 1. The van der Waals surface area contributed by atoms with Gasteiger partial charge in [-0.1, -0.05) is 0 Å². The highest BCUT2D eigenvalue weighted by molar-refractivity contribution is 5.98. The van der Waals surface area contributed by atoms with E-state index in [2.05, 4.69) is 34.0 Å². The van der Waals surface area contributed by atoms with Crippen molar-refractivity contribution in [2.24, 2.45) is 5.92 Å². The van der Waals surface area contributed by atoms with Crippen molar-refractivity contribution >= 4 is 16.8 Å². The number of fused-ring (bicyclic) bond motifs is 1. The number of aryl methyl sites for hydroxylation is 1. The van der Waals surface area contributed by atoms with E-state index in [-0.39, 0.29) is 12.5 Å². The summed E-state index contributed by atoms with van der Waals surface area (Å²) in [7, 11) is 0. The van der Waals surface area contributed by atoms with Crippen LogP contribution in [0.1, 0.15) is 30.1 Å². The average Bonchev–Trinajstić information content (AvgIpc) is 3.04. The smallest absolute Gasteiger partial charge is 0.251 e. The summed E-state index contributed by atoms with van der Waals surface area (Å²) in [5, 5.41) is 13.4. The minimum absolute atomic E-state index is 0.0168. The number of aliphatic hydroxyl groups is 1. The molecule has 0 radical (unpaired) electrons. The Morgan fingerprint density at radius 2 is 2.25 bits per heavy atom. The first kappa shape index (κ1) is 17.0. The van der Waals surface area contributed by atoms with Crippen molar-refractivity contribution in [2.75, 3.05) is 32.8 Å². The molecule has 1 aliphatic heterocycles. The third-order valence-corrected chi connectivity index (χ3v) is 4.95. The lowest BCUT2D eigenvalue weighted by atomic mass is 9.99. The number of likely N-dealkylation sites (tertiary alicyclic amines) is 1. The molecule has 1 aliphatic rings. The molecule has 3 rings (SSSR count). The van der Waals surface area contributed by atoms with Gasteiger partial charge in [-0.3, -0.25) is 4.79 Å². The van der Waals surface area contributed by atoms with Crippen molar-refractivity contribution in [2.45, 2.75) is 26.3 Å². The lowest BCUT2D eigenvalue weighted by Gasteiger charge is -2.31. The molecule has 0 bridgehead atoms. The van der Waals surface area contributed by atoms with Gasteiger partial charge < -0.3 is 19.9 Å². The van der Waals surface area contributed by atoms with Crippen LogP contribution in [-0.2, 0) is 6.54 Å². The van der Waals surface area contributed by atoms with Gasteiger partial charge in [0.1, 0.15) is 0 Å². The number of piperidine rings is 1. The van der Waals surface area contributed by atoms with Gasteiger partial charge in [0.2, 0.25) is 0 Å². The van der Waals surface area contributed by atoms with Gasteiger partial charge >= 0.3 is 0 Å². The molecule has 1 aromatic heterocycles. The number of hydrogen-bond donors (Lipinski definition) is 2. The summed E-state index contributed by atoms with van der Waals surface area (Å²) in [5.41, 5.74) is 1.88. The number of carbonyl (C=O) groups excluding carboxylic acids is 1. The number of aliphatic hydroxyl groups excluding tert-OH is 1. The Balaban J connectivity index is 1.53. The molecule has 1 aromatic carbocycles. The fourth-order valence-corrected chi connectivity index (χ4v) is 3.55. The van der Waals surface area contributed by atoms with E-state index >= 15 is 0 Å². The summed E-state index contributed by atoms with van der Waals surface area (Å²) in [6, 6.07) is 7.93. The molecule has 1 atom stereocenters. The topological polar surface area (TPSA) is 57.5 Å². The van der Waals surface area contributed by atoms with Gasteiger partial charge in [-0.05, 0) is 56.5 Å². The van der Waals surface area contributed by atoms with Crippen LogP contribution in [-0.4, -0.2) is 53.3 Å². The Morgan fingerprint density at radius 1 is 1.38 bits per heavy atom. The fourth-order valence-electron chi connectivity index (χ4n) is 3.55. The third-order valence-electron chi connectivity index (χ3n) is 4.95. The van der Waals surface area contributed by atoms with Crippen molar-refractivity contribution in [3.05, 3.63) is 36.0 Å². The molecule has 130 valence electrons. The van der Waals surface area contributed by atoms with Gasteiger partial charge in [-0.25, -0.2) is 0 Å². The van der Waals surface area contributed by atoms with Crippen molar-refractivity contribution in [1.82, 2.24) is 14.8 Å². The molecule has 0 aliphatic carbocycles. The quantitative estimate of drug-likeness (QED) is 0.853. The predicted molar refractivity (Wildman–Crippen MR) is 96.2 cm³/mol. The maximum atomic E-state index is 12.4. The van der Waals surface area contributed by atoms with Crippen molar-refractivity contribution < 1.29 is 9.90 Å². The number of benzene rings is 1. The summed E-state index contributed by atoms with van der Waals surface area (Å²) in [5.74, 6) is 0.372. The Bertz CT molecular complexity index is 695. The number of hydrogen-bond acceptors (Lipinski definition) is 3. The second-order valence-electron chi connectivity index (χ2n) is 6.62. The van der Waals surface area contributed by atoms with Crippen LogP contribution in [0.4, 0.5) is 0 Å². The molecule has 0 unspecified atom stereocenters. The molecule has 5 nitrogen and oxygen atoms in total. The number of aromatic nitrogens is 1. The number of nitrogens with zero attached hydrogens (tertiary/aromatic N) is 2. The zero-order valence-corrected chi connectivity index (χ0v) is 14.4. The summed E-state index contributed by atoms with van der Waals surface area (Å²) in [4.78, 5) is 14.7. The molecule has 1 saturated heterocycles. The Kier molecular flexibility index (Phi) is 5.53. The van der Waals surface area contributed by atoms with Crippen LogP contribution in [0, 0.1) is 5.92 Å². The predicted octanol–water partition coefficient (Wildman–Crippen LogP) is 2.10. The third kappa shape index (κ3) is 3.79. The van der Waals surface area contributed by atoms with E-state index in [1.54, 1.807) is 0 Å². The lowest BCUT2D eigenvalue weighted by Crippen LogP contribution is -2.41. The van der Waals surface area contributed by atoms with Crippen LogP contribution in [0.2, 0.25) is 0 Å². The summed E-state index contributed by atoms with van der Waals surface area (Å²) >= 11 is 0. The average molecular weight is 329 g/mol. The van der Waals surface area contributed by atoms with Crippen LogP contribution in [0.5, 0.6) is 0 Å². The summed E-state index contributed by atoms with van der Waals surface area (Å²) in [6.45, 7) is 6.79. The molecule has 2 N–H and O–H groups in total. The Morgan fingerprint density at radius 3 is 3.04 bits per heavy atom. The standard InChI is InChI=1S/C19H27N3O2/c1-2-22-10-7-16-12-17(5-6-18(16)22)19(24)20-8-11-21-9-3-4-15(13-21)14-23/h5-7,10,12,15,23H,2-4,8-9,11,13-14H2,1H3,(H,20,24)/t15-/m1/s1. The van der Waals surface area contributed by atoms with E-state index in [1.807, 2.05) is 18.2 Å². The van der Waals surface area contributed by atoms with Gasteiger partial charge in [0, 0.05) is 55.4 Å². The second kappa shape index (κ2) is 7.81. The zero-order valence-electron chi connectivity index (χ0n) is 14.4. The van der Waals surface area contributed by atoms with Crippen LogP contribution < -0.4 is 5.32 Å². The van der Waals surface area contributed by atoms with E-state index in [0.29, 0.717) is 18.0 Å². The van der Waals surface area contributed by atoms with Crippen molar-refractivity contribution in [1.29, 1.82) is 0 Å². The molecule has 0 saturated carbocycles. The van der Waals surface area contributed by atoms with Crippen LogP contribution in [0.15, 0.2) is 30.5 Å². The monoisotopic (exact) mass is 329 g/mol. The van der Waals surface area contributed by atoms with Gasteiger partial charge in [-0.2, -0.15) is 0 Å². The van der Waals surface area contributed by atoms with E-state index < -0.39 is 0 Å². The first-order chi connectivity index (χ1) is 11.7. The molecule has 2 heterocycles. The van der Waals surface area contributed by atoms with E-state index in [9.17, 15) is 9.90 Å². The lowest BCUT2D eigenvalue weighted by molar-refractivity contribution is 0.0931. The van der Waals surface area contributed by atoms with Gasteiger partial charge in [0.15, 0.2) is 0 Å². The molecular weight excluding hydrogens is 302 g/mol. The summed E-state index contributed by atoms with van der Waals surface area (Å²) < 4.78 is 2.17. The number of carbonyl (C=O) groups is 1. The molecule has 1 amide bonds. The summed E-state index contributed by atoms with van der Waals surface area (Å²) in [6.07, 6.45) is 4.29. The Labute approximate surface area is 143 Å². The van der Waals surface area contributed by atoms with Crippen molar-refractivity contribution in [3.63, 3.8) is 0 Å². The highest BCUT2D eigenvalue weighted by atomic mass is 16.3. The SMILES string of the molecule is CCn1ccc2cc(C(=O)NCCN3CCC[C@@H](CO)C3)ccc21. The van der Waals surface area contributed by atoms with E-state index in [0.717, 1.165) is 49.9 Å². The van der Waals surface area contributed by atoms with Crippen LogP contribution in [0.25, 0.3) is 10.9 Å². The molecule has 2 aromatic rings. The number of nitrogens with one attached hydrogen (secondary N) is 1. The first-order valence-electron chi connectivity index (χ1n) is 8.91. The fraction of sp³-hybridized carbons (Fsp3) is 0.526. The van der Waals surface area contributed by atoms with E-state index in [4.69, 9.17) is 0 Å². The van der Waals surface area contributed by atoms with Gasteiger partial charge in [0.25, 0.3) is 5.91 Å². The maximum absolute atomic E-state index is 12.4.